The van der Waals surface area contributed by atoms with Gasteiger partial charge in [-0.2, -0.15) is 5.26 Å². The molecule has 0 bridgehead atoms. The maximum absolute atomic E-state index is 9.98. The average Bonchev–Trinajstić information content (AvgIpc) is 3.06. The molecule has 1 saturated heterocycles. The van der Waals surface area contributed by atoms with Gasteiger partial charge in [-0.3, -0.25) is 4.98 Å². The predicted molar refractivity (Wildman–Crippen MR) is 133 cm³/mol. The van der Waals surface area contributed by atoms with Crippen LogP contribution < -0.4 is 9.47 Å². The number of nitrogens with zero attached hydrogens (tertiary/aromatic N) is 3. The van der Waals surface area contributed by atoms with Gasteiger partial charge in [-0.25, -0.2) is 0 Å². The van der Waals surface area contributed by atoms with Gasteiger partial charge in [-0.05, 0) is 67.8 Å². The topological polar surface area (TPSA) is 58.4 Å². The van der Waals surface area contributed by atoms with Crippen molar-refractivity contribution in [3.05, 3.63) is 95.3 Å². The van der Waals surface area contributed by atoms with Crippen molar-refractivity contribution in [2.75, 3.05) is 26.7 Å². The molecule has 34 heavy (non-hydrogen) atoms. The highest BCUT2D eigenvalue weighted by Crippen LogP contribution is 2.39. The van der Waals surface area contributed by atoms with Crippen LogP contribution in [0.2, 0.25) is 0 Å². The number of nitriles is 1. The van der Waals surface area contributed by atoms with E-state index in [4.69, 9.17) is 9.47 Å². The number of hydrogen-bond acceptors (Lipinski definition) is 5. The number of rotatable bonds is 5. The van der Waals surface area contributed by atoms with Gasteiger partial charge in [0.05, 0.1) is 24.3 Å². The summed E-state index contributed by atoms with van der Waals surface area (Å²) in [5, 5.41) is 9.98. The maximum atomic E-state index is 9.98. The van der Waals surface area contributed by atoms with Crippen molar-refractivity contribution in [2.24, 2.45) is 0 Å². The van der Waals surface area contributed by atoms with E-state index in [0.717, 1.165) is 78.4 Å². The molecule has 2 aromatic carbocycles. The van der Waals surface area contributed by atoms with Crippen LogP contribution in [-0.4, -0.2) is 36.6 Å². The first-order valence-corrected chi connectivity index (χ1v) is 11.9. The van der Waals surface area contributed by atoms with Crippen molar-refractivity contribution in [3.63, 3.8) is 0 Å². The molecule has 5 heteroatoms. The number of likely N-dealkylation sites (tertiary alicyclic amines) is 1. The lowest BCUT2D eigenvalue weighted by molar-refractivity contribution is 0.189. The quantitative estimate of drug-likeness (QED) is 0.523. The molecule has 0 N–H and O–H groups in total. The Morgan fingerprint density at radius 2 is 1.91 bits per heavy atom. The van der Waals surface area contributed by atoms with Crippen molar-refractivity contribution < 1.29 is 9.47 Å². The van der Waals surface area contributed by atoms with Crippen molar-refractivity contribution in [3.8, 4) is 17.6 Å². The second-order valence-electron chi connectivity index (χ2n) is 8.96. The average molecular weight is 452 g/mol. The molecule has 5 rings (SSSR count). The van der Waals surface area contributed by atoms with Crippen LogP contribution in [0, 0.1) is 11.3 Å². The van der Waals surface area contributed by atoms with Crippen LogP contribution in [0.5, 0.6) is 11.5 Å². The summed E-state index contributed by atoms with van der Waals surface area (Å²) >= 11 is 0. The largest absolute Gasteiger partial charge is 0.497 e. The first-order valence-electron chi connectivity index (χ1n) is 11.9. The molecule has 5 nitrogen and oxygen atoms in total. The second kappa shape index (κ2) is 9.70. The molecule has 2 aliphatic heterocycles. The number of aromatic nitrogens is 1. The summed E-state index contributed by atoms with van der Waals surface area (Å²) in [4.78, 5) is 7.04. The van der Waals surface area contributed by atoms with Gasteiger partial charge < -0.3 is 14.4 Å². The Bertz CT molecular complexity index is 1220. The molecule has 2 aliphatic rings. The van der Waals surface area contributed by atoms with E-state index in [0.29, 0.717) is 6.61 Å². The summed E-state index contributed by atoms with van der Waals surface area (Å²) in [7, 11) is 1.69. The van der Waals surface area contributed by atoms with Gasteiger partial charge in [0.2, 0.25) is 0 Å². The molecule has 0 amide bonds. The Morgan fingerprint density at radius 3 is 2.68 bits per heavy atom. The number of fused-ring (bicyclic) bond motifs is 2. The molecule has 3 aromatic rings. The Morgan fingerprint density at radius 1 is 1.09 bits per heavy atom. The molecule has 1 aromatic heterocycles. The van der Waals surface area contributed by atoms with E-state index in [9.17, 15) is 5.26 Å². The molecular formula is C29H29N3O2. The summed E-state index contributed by atoms with van der Waals surface area (Å²) in [6.45, 7) is 3.26. The minimum atomic E-state index is -0.366. The molecule has 0 unspecified atom stereocenters. The Kier molecular flexibility index (Phi) is 6.33. The lowest BCUT2D eigenvalue weighted by Gasteiger charge is -2.37. The molecule has 0 saturated carbocycles. The zero-order valence-electron chi connectivity index (χ0n) is 19.5. The zero-order chi connectivity index (χ0) is 23.4. The summed E-state index contributed by atoms with van der Waals surface area (Å²) in [6, 6.07) is 22.9. The van der Waals surface area contributed by atoms with E-state index in [-0.39, 0.29) is 5.41 Å². The molecule has 0 spiro atoms. The number of methoxy groups -OCH3 is 1. The van der Waals surface area contributed by atoms with Crippen LogP contribution >= 0.6 is 0 Å². The van der Waals surface area contributed by atoms with E-state index in [1.54, 1.807) is 7.11 Å². The van der Waals surface area contributed by atoms with Gasteiger partial charge in [0.25, 0.3) is 0 Å². The van der Waals surface area contributed by atoms with Gasteiger partial charge in [-0.1, -0.05) is 42.5 Å². The van der Waals surface area contributed by atoms with Gasteiger partial charge in [0.15, 0.2) is 0 Å². The fourth-order valence-electron chi connectivity index (χ4n) is 5.05. The minimum absolute atomic E-state index is 0.366. The van der Waals surface area contributed by atoms with Gasteiger partial charge >= 0.3 is 0 Å². The van der Waals surface area contributed by atoms with Crippen LogP contribution in [0.25, 0.3) is 5.57 Å². The van der Waals surface area contributed by atoms with Gasteiger partial charge in [-0.15, -0.1) is 0 Å². The predicted octanol–water partition coefficient (Wildman–Crippen LogP) is 5.36. The molecular weight excluding hydrogens is 422 g/mol. The fourth-order valence-corrected chi connectivity index (χ4v) is 5.05. The van der Waals surface area contributed by atoms with Gasteiger partial charge in [0.1, 0.15) is 18.1 Å². The van der Waals surface area contributed by atoms with Crippen molar-refractivity contribution in [2.45, 2.75) is 31.3 Å². The second-order valence-corrected chi connectivity index (χ2v) is 8.96. The molecule has 3 heterocycles. The SMILES string of the molecule is COc1ccc2c(c1)/C(=C/CCN1CCC(C#N)(c3ccccc3)CC1)c1cccnc1CO2. The highest BCUT2D eigenvalue weighted by atomic mass is 16.5. The van der Waals surface area contributed by atoms with Crippen LogP contribution in [0.1, 0.15) is 41.6 Å². The number of benzene rings is 2. The van der Waals surface area contributed by atoms with Crippen LogP contribution in [0.15, 0.2) is 72.9 Å². The van der Waals surface area contributed by atoms with Gasteiger partial charge in [0, 0.05) is 23.9 Å². The lowest BCUT2D eigenvalue weighted by atomic mass is 9.74. The lowest BCUT2D eigenvalue weighted by Crippen LogP contribution is -2.42. The van der Waals surface area contributed by atoms with E-state index >= 15 is 0 Å². The van der Waals surface area contributed by atoms with E-state index in [1.165, 1.54) is 0 Å². The fraction of sp³-hybridized carbons (Fsp3) is 0.310. The third kappa shape index (κ3) is 4.30. The summed E-state index contributed by atoms with van der Waals surface area (Å²) < 4.78 is 11.6. The molecule has 172 valence electrons. The minimum Gasteiger partial charge on any atom is -0.497 e. The van der Waals surface area contributed by atoms with E-state index in [1.807, 2.05) is 48.7 Å². The number of hydrogen-bond donors (Lipinski definition) is 0. The van der Waals surface area contributed by atoms with Crippen LogP contribution in [0.4, 0.5) is 0 Å². The van der Waals surface area contributed by atoms with Crippen LogP contribution in [0.3, 0.4) is 0 Å². The monoisotopic (exact) mass is 451 g/mol. The zero-order valence-corrected chi connectivity index (χ0v) is 19.5. The smallest absolute Gasteiger partial charge is 0.131 e. The molecule has 0 aliphatic carbocycles. The molecule has 0 radical (unpaired) electrons. The highest BCUT2D eigenvalue weighted by Gasteiger charge is 2.36. The highest BCUT2D eigenvalue weighted by molar-refractivity contribution is 5.85. The third-order valence-electron chi connectivity index (χ3n) is 7.07. The third-order valence-corrected chi connectivity index (χ3v) is 7.07. The van der Waals surface area contributed by atoms with Crippen molar-refractivity contribution in [1.82, 2.24) is 9.88 Å². The first-order chi connectivity index (χ1) is 16.7. The number of ether oxygens (including phenoxy) is 2. The summed E-state index contributed by atoms with van der Waals surface area (Å²) in [5.41, 5.74) is 5.02. The van der Waals surface area contributed by atoms with E-state index < -0.39 is 0 Å². The Labute approximate surface area is 201 Å². The standard InChI is InChI=1S/C29H29N3O2/c1-33-23-11-12-28-26(19-23)24(25-9-5-15-31-27(25)20-34-28)10-6-16-32-17-13-29(21-30,14-18-32)22-7-3-2-4-8-22/h2-5,7-12,15,19H,6,13-14,16-18,20H2,1H3/b24-10+. The summed E-state index contributed by atoms with van der Waals surface area (Å²) in [5.74, 6) is 1.66. The Balaban J connectivity index is 1.34. The summed E-state index contributed by atoms with van der Waals surface area (Å²) in [6.07, 6.45) is 6.76. The van der Waals surface area contributed by atoms with Crippen LogP contribution in [-0.2, 0) is 12.0 Å². The first kappa shape index (κ1) is 22.2. The normalized spacial score (nSPS) is 18.2. The van der Waals surface area contributed by atoms with E-state index in [2.05, 4.69) is 40.2 Å². The van der Waals surface area contributed by atoms with Crippen molar-refractivity contribution >= 4 is 5.57 Å². The Hall–Kier alpha value is -3.62. The maximum Gasteiger partial charge on any atom is 0.131 e. The molecule has 0 atom stereocenters. The molecule has 1 fully saturated rings. The van der Waals surface area contributed by atoms with Crippen molar-refractivity contribution in [1.29, 1.82) is 5.26 Å². The number of pyridine rings is 1. The number of piperidine rings is 1.